The number of hydrogen-bond acceptors (Lipinski definition) is 2. The third kappa shape index (κ3) is 5.70. The van der Waals surface area contributed by atoms with Gasteiger partial charge in [0.25, 0.3) is 0 Å². The van der Waals surface area contributed by atoms with Crippen molar-refractivity contribution in [1.82, 2.24) is 4.90 Å². The number of nitrogens with zero attached hydrogens (tertiary/aromatic N) is 1. The first-order chi connectivity index (χ1) is 10.1. The van der Waals surface area contributed by atoms with Gasteiger partial charge in [-0.25, -0.2) is 0 Å². The molecule has 2 atom stereocenters. The van der Waals surface area contributed by atoms with E-state index >= 15 is 0 Å². The van der Waals surface area contributed by atoms with Crippen LogP contribution in [-0.4, -0.2) is 36.9 Å². The first-order valence-electron chi connectivity index (χ1n) is 7.85. The predicted molar refractivity (Wildman–Crippen MR) is 99.9 cm³/mol. The maximum atomic E-state index is 11.6. The molecular weight excluding hydrogens is 332 g/mol. The third-order valence-corrected chi connectivity index (χ3v) is 4.59. The van der Waals surface area contributed by atoms with E-state index in [9.17, 15) is 9.90 Å². The zero-order chi connectivity index (χ0) is 15.3. The van der Waals surface area contributed by atoms with E-state index in [1.165, 1.54) is 5.56 Å². The van der Waals surface area contributed by atoms with E-state index < -0.39 is 11.3 Å². The zero-order valence-electron chi connectivity index (χ0n) is 13.6. The molecule has 0 bridgehead atoms. The van der Waals surface area contributed by atoms with Crippen molar-refractivity contribution in [2.45, 2.75) is 44.5 Å². The van der Waals surface area contributed by atoms with Crippen LogP contribution in [0.4, 0.5) is 0 Å². The molecule has 0 saturated carbocycles. The molecule has 1 heterocycles. The minimum absolute atomic E-state index is 0. The molecule has 3 nitrogen and oxygen atoms in total. The average molecular weight is 358 g/mol. The van der Waals surface area contributed by atoms with Crippen LogP contribution in [0.15, 0.2) is 30.3 Å². The minimum atomic E-state index is -1.07. The fourth-order valence-electron chi connectivity index (χ4n) is 3.19. The largest absolute Gasteiger partial charge is 0.481 e. The van der Waals surface area contributed by atoms with Gasteiger partial charge in [0.15, 0.2) is 0 Å². The van der Waals surface area contributed by atoms with Gasteiger partial charge in [-0.2, -0.15) is 0 Å². The molecule has 1 N–H and O–H groups in total. The Morgan fingerprint density at radius 2 is 2.00 bits per heavy atom. The highest BCUT2D eigenvalue weighted by atomic mass is 35.5. The minimum Gasteiger partial charge on any atom is -0.481 e. The molecular formula is C17H26BCl2NO2. The van der Waals surface area contributed by atoms with Crippen molar-refractivity contribution in [2.75, 3.05) is 13.1 Å². The molecule has 2 rings (SSSR count). The summed E-state index contributed by atoms with van der Waals surface area (Å²) in [5.74, 6) is -0.798. The van der Waals surface area contributed by atoms with E-state index in [0.29, 0.717) is 6.42 Å². The lowest BCUT2D eigenvalue weighted by molar-refractivity contribution is -0.142. The van der Waals surface area contributed by atoms with Gasteiger partial charge in [0.05, 0.1) is 7.85 Å². The van der Waals surface area contributed by atoms with Crippen LogP contribution < -0.4 is 0 Å². The van der Waals surface area contributed by atoms with Gasteiger partial charge >= 0.3 is 5.97 Å². The molecule has 0 aromatic heterocycles. The molecule has 1 aromatic rings. The van der Waals surface area contributed by atoms with Crippen LogP contribution in [0, 0.1) is 5.92 Å². The molecule has 0 spiro atoms. The lowest BCUT2D eigenvalue weighted by atomic mass is 9.57. The van der Waals surface area contributed by atoms with Crippen molar-refractivity contribution in [3.63, 3.8) is 0 Å². The highest BCUT2D eigenvalue weighted by Gasteiger charge is 2.43. The summed E-state index contributed by atoms with van der Waals surface area (Å²) in [5, 5.41) is 8.48. The van der Waals surface area contributed by atoms with Crippen LogP contribution >= 0.6 is 24.8 Å². The Balaban J connectivity index is 0.00000242. The van der Waals surface area contributed by atoms with Crippen molar-refractivity contribution < 1.29 is 9.90 Å². The Morgan fingerprint density at radius 3 is 2.57 bits per heavy atom. The summed E-state index contributed by atoms with van der Waals surface area (Å²) in [5.41, 5.74) is 1.27. The quantitative estimate of drug-likeness (QED) is 0.751. The van der Waals surface area contributed by atoms with Gasteiger partial charge in [-0.15, -0.1) is 24.8 Å². The molecule has 1 fully saturated rings. The molecule has 1 aliphatic heterocycles. The van der Waals surface area contributed by atoms with Gasteiger partial charge < -0.3 is 5.11 Å². The number of halogens is 2. The second kappa shape index (κ2) is 10.2. The summed E-state index contributed by atoms with van der Waals surface area (Å²) in [7, 11) is 6.26. The van der Waals surface area contributed by atoms with E-state index in [2.05, 4.69) is 24.0 Å². The van der Waals surface area contributed by atoms with Crippen molar-refractivity contribution in [3.8, 4) is 0 Å². The van der Waals surface area contributed by atoms with Gasteiger partial charge in [0.2, 0.25) is 0 Å². The van der Waals surface area contributed by atoms with Crippen molar-refractivity contribution in [1.29, 1.82) is 0 Å². The molecule has 128 valence electrons. The monoisotopic (exact) mass is 357 g/mol. The summed E-state index contributed by atoms with van der Waals surface area (Å²) in [6.07, 6.45) is 3.30. The van der Waals surface area contributed by atoms with Gasteiger partial charge in [0, 0.05) is 18.4 Å². The van der Waals surface area contributed by atoms with Crippen molar-refractivity contribution in [3.05, 3.63) is 35.9 Å². The lowest BCUT2D eigenvalue weighted by Crippen LogP contribution is -2.34. The molecule has 1 saturated heterocycles. The lowest BCUT2D eigenvalue weighted by Gasteiger charge is -2.32. The Hall–Kier alpha value is -0.705. The molecule has 0 amide bonds. The van der Waals surface area contributed by atoms with Crippen LogP contribution in [0.25, 0.3) is 0 Å². The standard InChI is InChI=1S/C17H24BNO2.2ClH/c1-2-3-10-17(18,16(20)21)15-9-11-19(13-15)12-14-7-5-4-6-8-14;;/h4-8,15H,2-3,9-13H2,1H3,(H,20,21);2*1H. The molecule has 2 unspecified atom stereocenters. The van der Waals surface area contributed by atoms with Crippen LogP contribution in [0.1, 0.15) is 38.2 Å². The number of rotatable bonds is 7. The highest BCUT2D eigenvalue weighted by molar-refractivity contribution is 6.27. The second-order valence-electron chi connectivity index (χ2n) is 6.16. The fourth-order valence-corrected chi connectivity index (χ4v) is 3.19. The van der Waals surface area contributed by atoms with Crippen LogP contribution in [0.2, 0.25) is 5.31 Å². The van der Waals surface area contributed by atoms with E-state index in [0.717, 1.165) is 38.9 Å². The first kappa shape index (κ1) is 22.3. The molecule has 1 aliphatic rings. The van der Waals surface area contributed by atoms with Gasteiger partial charge in [-0.1, -0.05) is 50.1 Å². The Labute approximate surface area is 153 Å². The highest BCUT2D eigenvalue weighted by Crippen LogP contribution is 2.43. The number of carboxylic acid groups (broad SMARTS) is 1. The summed E-state index contributed by atoms with van der Waals surface area (Å²) >= 11 is 0. The van der Waals surface area contributed by atoms with Crippen molar-refractivity contribution >= 4 is 38.6 Å². The molecule has 23 heavy (non-hydrogen) atoms. The number of likely N-dealkylation sites (tertiary alicyclic amines) is 1. The topological polar surface area (TPSA) is 40.5 Å². The van der Waals surface area contributed by atoms with E-state index in [-0.39, 0.29) is 30.7 Å². The van der Waals surface area contributed by atoms with E-state index in [1.54, 1.807) is 0 Å². The second-order valence-corrected chi connectivity index (χ2v) is 6.16. The molecule has 2 radical (unpaired) electrons. The SMILES string of the molecule is Cl.Cl.[B]C(CCCC)(C(=O)O)C1CCN(Cc2ccccc2)C1. The van der Waals surface area contributed by atoms with Gasteiger partial charge in [0.1, 0.15) is 0 Å². The van der Waals surface area contributed by atoms with Crippen LogP contribution in [0.5, 0.6) is 0 Å². The van der Waals surface area contributed by atoms with E-state index in [1.807, 2.05) is 18.2 Å². The number of aliphatic carboxylic acids is 1. The molecule has 0 aliphatic carbocycles. The van der Waals surface area contributed by atoms with Crippen molar-refractivity contribution in [2.24, 2.45) is 5.92 Å². The maximum Gasteiger partial charge on any atom is 0.300 e. The summed E-state index contributed by atoms with van der Waals surface area (Å²) < 4.78 is 0. The van der Waals surface area contributed by atoms with Gasteiger partial charge in [-0.05, 0) is 30.9 Å². The Morgan fingerprint density at radius 1 is 1.35 bits per heavy atom. The Kier molecular flexibility index (Phi) is 9.91. The zero-order valence-corrected chi connectivity index (χ0v) is 15.2. The number of hydrogen-bond donors (Lipinski definition) is 1. The fraction of sp³-hybridized carbons (Fsp3) is 0.588. The normalized spacial score (nSPS) is 20.1. The number of carboxylic acids is 1. The molecule has 6 heteroatoms. The number of benzene rings is 1. The maximum absolute atomic E-state index is 11.6. The first-order valence-corrected chi connectivity index (χ1v) is 7.85. The predicted octanol–water partition coefficient (Wildman–Crippen LogP) is 3.95. The number of unbranched alkanes of at least 4 members (excludes halogenated alkanes) is 1. The summed E-state index contributed by atoms with van der Waals surface area (Å²) in [4.78, 5) is 14.0. The molecule has 1 aromatic carbocycles. The third-order valence-electron chi connectivity index (χ3n) is 4.59. The van der Waals surface area contributed by atoms with E-state index in [4.69, 9.17) is 7.85 Å². The summed E-state index contributed by atoms with van der Waals surface area (Å²) in [6, 6.07) is 10.3. The number of carbonyl (C=O) groups is 1. The summed E-state index contributed by atoms with van der Waals surface area (Å²) in [6.45, 7) is 4.65. The van der Waals surface area contributed by atoms with Gasteiger partial charge in [-0.3, -0.25) is 9.69 Å². The Bertz CT molecular complexity index is 475. The average Bonchev–Trinajstić information content (AvgIpc) is 2.94. The van der Waals surface area contributed by atoms with Crippen LogP contribution in [0.3, 0.4) is 0 Å². The smallest absolute Gasteiger partial charge is 0.300 e. The van der Waals surface area contributed by atoms with Crippen LogP contribution in [-0.2, 0) is 11.3 Å².